The highest BCUT2D eigenvalue weighted by atomic mass is 32.2. The van der Waals surface area contributed by atoms with Gasteiger partial charge in [0.2, 0.25) is 0 Å². The van der Waals surface area contributed by atoms with Crippen molar-refractivity contribution in [2.45, 2.75) is 4.90 Å². The molecule has 0 fully saturated rings. The van der Waals surface area contributed by atoms with E-state index in [0.29, 0.717) is 5.69 Å². The lowest BCUT2D eigenvalue weighted by atomic mass is 10.2. The maximum Gasteiger partial charge on any atom is 0.280 e. The lowest BCUT2D eigenvalue weighted by Crippen LogP contribution is -2.24. The van der Waals surface area contributed by atoms with Gasteiger partial charge >= 0.3 is 0 Å². The van der Waals surface area contributed by atoms with Crippen molar-refractivity contribution in [3.8, 4) is 5.69 Å². The molecule has 110 valence electrons. The molecule has 4 N–H and O–H groups in total. The molecule has 0 aliphatic heterocycles. The van der Waals surface area contributed by atoms with E-state index in [1.807, 2.05) is 0 Å². The number of nitrogens with two attached hydrogens (primary N) is 2. The van der Waals surface area contributed by atoms with E-state index in [9.17, 15) is 13.2 Å². The topological polar surface area (TPSA) is 133 Å². The van der Waals surface area contributed by atoms with Gasteiger partial charge in [-0.2, -0.15) is 10.1 Å². The van der Waals surface area contributed by atoms with Crippen molar-refractivity contribution < 1.29 is 13.2 Å². The van der Waals surface area contributed by atoms with E-state index in [1.54, 1.807) is 12.3 Å². The highest BCUT2D eigenvalue weighted by Gasteiger charge is 2.18. The summed E-state index contributed by atoms with van der Waals surface area (Å²) in [7, 11) is -3.57. The molecular weight excluding hydrogens is 294 g/mol. The summed E-state index contributed by atoms with van der Waals surface area (Å²) in [5.74, 6) is -1.11. The van der Waals surface area contributed by atoms with Crippen LogP contribution in [0.5, 0.6) is 0 Å². The van der Waals surface area contributed by atoms with Crippen molar-refractivity contribution in [1.82, 2.24) is 9.78 Å². The molecule has 0 aliphatic rings. The number of nitrogens with zero attached hydrogens (tertiary/aromatic N) is 3. The number of guanidine groups is 1. The monoisotopic (exact) mass is 307 g/mol. The fourth-order valence-electron chi connectivity index (χ4n) is 1.73. The van der Waals surface area contributed by atoms with Crippen LogP contribution in [0.15, 0.2) is 46.5 Å². The van der Waals surface area contributed by atoms with Gasteiger partial charge in [-0.25, -0.2) is 13.1 Å². The zero-order chi connectivity index (χ0) is 15.6. The molecule has 1 aromatic carbocycles. The molecule has 1 aromatic heterocycles. The van der Waals surface area contributed by atoms with Gasteiger partial charge in [-0.15, -0.1) is 0 Å². The smallest absolute Gasteiger partial charge is 0.280 e. The van der Waals surface area contributed by atoms with Crippen molar-refractivity contribution in [3.05, 3.63) is 42.2 Å². The first-order valence-electron chi connectivity index (χ1n) is 5.77. The Morgan fingerprint density at radius 2 is 2.05 bits per heavy atom. The summed E-state index contributed by atoms with van der Waals surface area (Å²) in [6, 6.07) is 5.78. The molecule has 1 amide bonds. The molecule has 0 unspecified atom stereocenters. The van der Waals surface area contributed by atoms with Gasteiger partial charge in [0.25, 0.3) is 5.91 Å². The molecule has 0 aliphatic carbocycles. The summed E-state index contributed by atoms with van der Waals surface area (Å²) < 4.78 is 25.2. The number of rotatable bonds is 3. The Morgan fingerprint density at radius 3 is 2.57 bits per heavy atom. The Kier molecular flexibility index (Phi) is 3.76. The van der Waals surface area contributed by atoms with Crippen LogP contribution in [-0.2, 0) is 9.84 Å². The average Bonchev–Trinajstić information content (AvgIpc) is 2.89. The number of carbonyl (C=O) groups is 1. The van der Waals surface area contributed by atoms with Crippen LogP contribution in [0.25, 0.3) is 5.69 Å². The van der Waals surface area contributed by atoms with Crippen LogP contribution in [0.2, 0.25) is 0 Å². The fraction of sp³-hybridized carbons (Fsp3) is 0.0833. The predicted molar refractivity (Wildman–Crippen MR) is 76.8 cm³/mol. The van der Waals surface area contributed by atoms with Crippen LogP contribution in [0.1, 0.15) is 10.4 Å². The summed E-state index contributed by atoms with van der Waals surface area (Å²) in [6.07, 6.45) is 4.16. The van der Waals surface area contributed by atoms with Gasteiger partial charge in [-0.1, -0.05) is 0 Å². The van der Waals surface area contributed by atoms with Gasteiger partial charge < -0.3 is 11.5 Å². The summed E-state index contributed by atoms with van der Waals surface area (Å²) >= 11 is 0. The van der Waals surface area contributed by atoms with E-state index in [0.717, 1.165) is 6.26 Å². The van der Waals surface area contributed by atoms with Crippen molar-refractivity contribution in [2.75, 3.05) is 6.26 Å². The van der Waals surface area contributed by atoms with Gasteiger partial charge in [0.1, 0.15) is 0 Å². The molecule has 0 atom stereocenters. The molecule has 9 heteroatoms. The first kappa shape index (κ1) is 14.7. The molecule has 0 saturated heterocycles. The number of sulfone groups is 1. The van der Waals surface area contributed by atoms with Crippen LogP contribution in [0.4, 0.5) is 0 Å². The number of amides is 1. The number of aliphatic imine (C=N–C) groups is 1. The number of benzene rings is 1. The molecule has 2 rings (SSSR count). The molecule has 8 nitrogen and oxygen atoms in total. The lowest BCUT2D eigenvalue weighted by molar-refractivity contribution is 0.100. The van der Waals surface area contributed by atoms with Crippen LogP contribution >= 0.6 is 0 Å². The minimum atomic E-state index is -3.57. The van der Waals surface area contributed by atoms with Crippen LogP contribution in [0.3, 0.4) is 0 Å². The lowest BCUT2D eigenvalue weighted by Gasteiger charge is -2.09. The largest absolute Gasteiger partial charge is 0.370 e. The van der Waals surface area contributed by atoms with Crippen molar-refractivity contribution >= 4 is 21.7 Å². The molecule has 2 aromatic rings. The third-order valence-corrected chi connectivity index (χ3v) is 3.71. The average molecular weight is 307 g/mol. The molecule has 0 bridgehead atoms. The fourth-order valence-corrected chi connectivity index (χ4v) is 2.61. The van der Waals surface area contributed by atoms with Crippen LogP contribution in [-0.4, -0.2) is 36.3 Å². The number of hydrogen-bond donors (Lipinski definition) is 2. The normalized spacial score (nSPS) is 11.1. The maximum absolute atomic E-state index is 11.9. The van der Waals surface area contributed by atoms with Crippen molar-refractivity contribution in [3.63, 3.8) is 0 Å². The summed E-state index contributed by atoms with van der Waals surface area (Å²) in [6.45, 7) is 0. The van der Waals surface area contributed by atoms with E-state index in [-0.39, 0.29) is 10.5 Å². The Balaban J connectivity index is 2.62. The van der Waals surface area contributed by atoms with Crippen LogP contribution in [0, 0.1) is 0 Å². The zero-order valence-corrected chi connectivity index (χ0v) is 11.9. The van der Waals surface area contributed by atoms with Crippen molar-refractivity contribution in [1.29, 1.82) is 0 Å². The SMILES string of the molecule is CS(=O)(=O)c1cc(C(=O)N=C(N)N)ccc1-n1cccn1. The Hall–Kier alpha value is -2.68. The second-order valence-electron chi connectivity index (χ2n) is 4.25. The zero-order valence-electron chi connectivity index (χ0n) is 11.1. The summed E-state index contributed by atoms with van der Waals surface area (Å²) in [5, 5.41) is 3.98. The molecule has 0 saturated carbocycles. The van der Waals surface area contributed by atoms with Gasteiger partial charge in [0.05, 0.1) is 10.6 Å². The standard InChI is InChI=1S/C12H13N5O3S/c1-21(19,20)10-7-8(11(18)16-12(13)14)3-4-9(10)17-6-2-5-15-17/h2-7H,1H3,(H4,13,14,16,18). The first-order valence-corrected chi connectivity index (χ1v) is 7.66. The van der Waals surface area contributed by atoms with E-state index in [4.69, 9.17) is 11.5 Å². The van der Waals surface area contributed by atoms with Gasteiger partial charge in [0, 0.05) is 24.2 Å². The Labute approximate surface area is 121 Å². The van der Waals surface area contributed by atoms with E-state index >= 15 is 0 Å². The molecule has 0 spiro atoms. The maximum atomic E-state index is 11.9. The minimum absolute atomic E-state index is 0.0390. The van der Waals surface area contributed by atoms with Gasteiger partial charge in [-0.05, 0) is 24.3 Å². The highest BCUT2D eigenvalue weighted by molar-refractivity contribution is 7.90. The molecular formula is C12H13N5O3S. The third-order valence-electron chi connectivity index (χ3n) is 2.59. The van der Waals surface area contributed by atoms with Crippen LogP contribution < -0.4 is 11.5 Å². The highest BCUT2D eigenvalue weighted by Crippen LogP contribution is 2.21. The number of aromatic nitrogens is 2. The van der Waals surface area contributed by atoms with E-state index in [2.05, 4.69) is 10.1 Å². The predicted octanol–water partition coefficient (Wildman–Crippen LogP) is -0.311. The quantitative estimate of drug-likeness (QED) is 0.590. The number of carbonyl (C=O) groups excluding carboxylic acids is 1. The Bertz CT molecular complexity index is 805. The van der Waals surface area contributed by atoms with Gasteiger partial charge in [-0.3, -0.25) is 4.79 Å². The van der Waals surface area contributed by atoms with Gasteiger partial charge in [0.15, 0.2) is 15.8 Å². The van der Waals surface area contributed by atoms with Crippen molar-refractivity contribution in [2.24, 2.45) is 16.5 Å². The second kappa shape index (κ2) is 5.37. The first-order chi connectivity index (χ1) is 9.79. The third kappa shape index (κ3) is 3.26. The second-order valence-corrected chi connectivity index (χ2v) is 6.23. The summed E-state index contributed by atoms with van der Waals surface area (Å²) in [5.41, 5.74) is 10.7. The molecule has 0 radical (unpaired) electrons. The summed E-state index contributed by atoms with van der Waals surface area (Å²) in [4.78, 5) is 15.1. The van der Waals surface area contributed by atoms with E-state index in [1.165, 1.54) is 29.1 Å². The number of hydrogen-bond acceptors (Lipinski definition) is 4. The molecule has 21 heavy (non-hydrogen) atoms. The van der Waals surface area contributed by atoms with E-state index < -0.39 is 21.7 Å². The molecule has 1 heterocycles. The minimum Gasteiger partial charge on any atom is -0.370 e. The Morgan fingerprint density at radius 1 is 1.33 bits per heavy atom.